The molecule has 0 spiro atoms. The molecule has 25 heavy (non-hydrogen) atoms. The Hall–Kier alpha value is -2.08. The van der Waals surface area contributed by atoms with Crippen LogP contribution in [0.5, 0.6) is 5.75 Å². The highest BCUT2D eigenvalue weighted by Crippen LogP contribution is 2.18. The molecule has 0 radical (unpaired) electrons. The lowest BCUT2D eigenvalue weighted by Gasteiger charge is -2.35. The normalized spacial score (nSPS) is 15.8. The van der Waals surface area contributed by atoms with E-state index in [1.165, 1.54) is 6.92 Å². The van der Waals surface area contributed by atoms with Gasteiger partial charge in [0.15, 0.2) is 5.78 Å². The smallest absolute Gasteiger partial charge is 0.410 e. The zero-order chi connectivity index (χ0) is 18.4. The van der Waals surface area contributed by atoms with Gasteiger partial charge in [0.25, 0.3) is 0 Å². The van der Waals surface area contributed by atoms with Crippen LogP contribution in [0.1, 0.15) is 38.1 Å². The molecule has 0 atom stereocenters. The van der Waals surface area contributed by atoms with E-state index in [0.29, 0.717) is 31.0 Å². The molecule has 0 bridgehead atoms. The van der Waals surface area contributed by atoms with Gasteiger partial charge in [-0.3, -0.25) is 9.69 Å². The maximum absolute atomic E-state index is 12.0. The molecule has 1 aromatic carbocycles. The first-order chi connectivity index (χ1) is 11.8. The number of benzene rings is 1. The summed E-state index contributed by atoms with van der Waals surface area (Å²) >= 11 is 0. The molecule has 1 fully saturated rings. The number of nitrogens with zero attached hydrogens (tertiary/aromatic N) is 2. The highest BCUT2D eigenvalue weighted by Gasteiger charge is 2.25. The lowest BCUT2D eigenvalue weighted by molar-refractivity contribution is 0.0137. The molecule has 138 valence electrons. The summed E-state index contributed by atoms with van der Waals surface area (Å²) in [5.41, 5.74) is 0.142. The van der Waals surface area contributed by atoms with Crippen LogP contribution in [-0.2, 0) is 4.74 Å². The van der Waals surface area contributed by atoms with Crippen LogP contribution in [0.25, 0.3) is 0 Å². The van der Waals surface area contributed by atoms with Crippen molar-refractivity contribution in [3.63, 3.8) is 0 Å². The fraction of sp³-hybridized carbons (Fsp3) is 0.579. The Morgan fingerprint density at radius 3 is 2.32 bits per heavy atom. The number of para-hydroxylation sites is 1. The number of rotatable bonds is 5. The minimum absolute atomic E-state index is 0.00146. The number of piperazine rings is 1. The lowest BCUT2D eigenvalue weighted by atomic mass is 10.1. The van der Waals surface area contributed by atoms with E-state index in [1.54, 1.807) is 11.0 Å². The van der Waals surface area contributed by atoms with Crippen LogP contribution < -0.4 is 4.74 Å². The second-order valence-electron chi connectivity index (χ2n) is 7.21. The van der Waals surface area contributed by atoms with Gasteiger partial charge in [-0.1, -0.05) is 12.1 Å². The molecule has 2 rings (SSSR count). The second kappa shape index (κ2) is 8.34. The summed E-state index contributed by atoms with van der Waals surface area (Å²) in [6.45, 7) is 11.3. The number of amides is 1. The van der Waals surface area contributed by atoms with E-state index in [1.807, 2.05) is 39.0 Å². The molecule has 0 N–H and O–H groups in total. The first kappa shape index (κ1) is 19.2. The van der Waals surface area contributed by atoms with Crippen molar-refractivity contribution in [3.05, 3.63) is 29.8 Å². The number of ether oxygens (including phenoxy) is 2. The zero-order valence-corrected chi connectivity index (χ0v) is 15.6. The summed E-state index contributed by atoms with van der Waals surface area (Å²) in [6, 6.07) is 7.29. The SMILES string of the molecule is CC(=O)c1ccccc1OCCN1CCN(C(=O)OC(C)(C)C)CC1. The molecule has 1 aliphatic heterocycles. The molecule has 1 heterocycles. The number of hydrogen-bond donors (Lipinski definition) is 0. The zero-order valence-electron chi connectivity index (χ0n) is 15.6. The second-order valence-corrected chi connectivity index (χ2v) is 7.21. The van der Waals surface area contributed by atoms with Crippen LogP contribution >= 0.6 is 0 Å². The minimum Gasteiger partial charge on any atom is -0.491 e. The Balaban J connectivity index is 1.74. The van der Waals surface area contributed by atoms with Crippen molar-refractivity contribution in [1.82, 2.24) is 9.80 Å². The molecular formula is C19H28N2O4. The van der Waals surface area contributed by atoms with Gasteiger partial charge in [-0.05, 0) is 39.8 Å². The highest BCUT2D eigenvalue weighted by molar-refractivity contribution is 5.96. The van der Waals surface area contributed by atoms with E-state index in [9.17, 15) is 9.59 Å². The predicted molar refractivity (Wildman–Crippen MR) is 96.2 cm³/mol. The van der Waals surface area contributed by atoms with Crippen LogP contribution in [0.15, 0.2) is 24.3 Å². The van der Waals surface area contributed by atoms with E-state index < -0.39 is 5.60 Å². The third-order valence-electron chi connectivity index (χ3n) is 3.96. The molecule has 0 aromatic heterocycles. The molecule has 1 saturated heterocycles. The molecule has 1 aromatic rings. The first-order valence-corrected chi connectivity index (χ1v) is 8.69. The maximum atomic E-state index is 12.0. The summed E-state index contributed by atoms with van der Waals surface area (Å²) in [6.07, 6.45) is -0.251. The van der Waals surface area contributed by atoms with Crippen molar-refractivity contribution < 1.29 is 19.1 Å². The fourth-order valence-electron chi connectivity index (χ4n) is 2.65. The van der Waals surface area contributed by atoms with E-state index in [2.05, 4.69) is 4.90 Å². The Morgan fingerprint density at radius 1 is 1.08 bits per heavy atom. The van der Waals surface area contributed by atoms with Crippen molar-refractivity contribution in [1.29, 1.82) is 0 Å². The third kappa shape index (κ3) is 6.05. The number of carbonyl (C=O) groups excluding carboxylic acids is 2. The Bertz CT molecular complexity index is 602. The molecule has 1 aliphatic rings. The lowest BCUT2D eigenvalue weighted by Crippen LogP contribution is -2.50. The van der Waals surface area contributed by atoms with E-state index in [-0.39, 0.29) is 11.9 Å². The van der Waals surface area contributed by atoms with Crippen molar-refractivity contribution in [2.24, 2.45) is 0 Å². The maximum Gasteiger partial charge on any atom is 0.410 e. The quantitative estimate of drug-likeness (QED) is 0.766. The molecule has 6 nitrogen and oxygen atoms in total. The Kier molecular flexibility index (Phi) is 6.42. The standard InChI is InChI=1S/C19H28N2O4/c1-15(22)16-7-5-6-8-17(16)24-14-13-20-9-11-21(12-10-20)18(23)25-19(2,3)4/h5-8H,9-14H2,1-4H3. The fourth-order valence-corrected chi connectivity index (χ4v) is 2.65. The van der Waals surface area contributed by atoms with Gasteiger partial charge in [0.05, 0.1) is 5.56 Å². The van der Waals surface area contributed by atoms with Crippen LogP contribution in [0, 0.1) is 0 Å². The van der Waals surface area contributed by atoms with Crippen molar-refractivity contribution in [2.45, 2.75) is 33.3 Å². The number of hydrogen-bond acceptors (Lipinski definition) is 5. The topological polar surface area (TPSA) is 59.1 Å². The van der Waals surface area contributed by atoms with Crippen LogP contribution in [0.2, 0.25) is 0 Å². The Morgan fingerprint density at radius 2 is 1.72 bits per heavy atom. The highest BCUT2D eigenvalue weighted by atomic mass is 16.6. The van der Waals surface area contributed by atoms with Gasteiger partial charge < -0.3 is 14.4 Å². The summed E-state index contributed by atoms with van der Waals surface area (Å²) < 4.78 is 11.2. The van der Waals surface area contributed by atoms with Crippen molar-refractivity contribution >= 4 is 11.9 Å². The number of ketones is 1. The monoisotopic (exact) mass is 348 g/mol. The van der Waals surface area contributed by atoms with Crippen LogP contribution in [-0.4, -0.2) is 66.6 Å². The van der Waals surface area contributed by atoms with Gasteiger partial charge in [0.2, 0.25) is 0 Å². The summed E-state index contributed by atoms with van der Waals surface area (Å²) in [5, 5.41) is 0. The molecule has 0 saturated carbocycles. The molecule has 6 heteroatoms. The predicted octanol–water partition coefficient (Wildman–Crippen LogP) is 2.82. The summed E-state index contributed by atoms with van der Waals surface area (Å²) in [7, 11) is 0. The average molecular weight is 348 g/mol. The molecule has 0 unspecified atom stereocenters. The average Bonchev–Trinajstić information content (AvgIpc) is 2.54. The van der Waals surface area contributed by atoms with Gasteiger partial charge in [-0.15, -0.1) is 0 Å². The van der Waals surface area contributed by atoms with Crippen LogP contribution in [0.4, 0.5) is 4.79 Å². The van der Waals surface area contributed by atoms with E-state index in [0.717, 1.165) is 19.6 Å². The van der Waals surface area contributed by atoms with Gasteiger partial charge >= 0.3 is 6.09 Å². The summed E-state index contributed by atoms with van der Waals surface area (Å²) in [4.78, 5) is 27.6. The van der Waals surface area contributed by atoms with Gasteiger partial charge in [-0.25, -0.2) is 4.79 Å². The Labute approximate surface area is 149 Å². The van der Waals surface area contributed by atoms with Gasteiger partial charge in [0.1, 0.15) is 18.0 Å². The minimum atomic E-state index is -0.466. The number of carbonyl (C=O) groups is 2. The van der Waals surface area contributed by atoms with Crippen molar-refractivity contribution in [3.8, 4) is 5.75 Å². The first-order valence-electron chi connectivity index (χ1n) is 8.69. The van der Waals surface area contributed by atoms with E-state index in [4.69, 9.17) is 9.47 Å². The number of Topliss-reactive ketones (excluding diaryl/α,β-unsaturated/α-hetero) is 1. The third-order valence-corrected chi connectivity index (χ3v) is 3.96. The van der Waals surface area contributed by atoms with Crippen LogP contribution in [0.3, 0.4) is 0 Å². The molecule has 1 amide bonds. The van der Waals surface area contributed by atoms with Gasteiger partial charge in [-0.2, -0.15) is 0 Å². The molecule has 0 aliphatic carbocycles. The largest absolute Gasteiger partial charge is 0.491 e. The van der Waals surface area contributed by atoms with E-state index >= 15 is 0 Å². The van der Waals surface area contributed by atoms with Gasteiger partial charge in [0, 0.05) is 32.7 Å². The molecular weight excluding hydrogens is 320 g/mol. The summed E-state index contributed by atoms with van der Waals surface area (Å²) in [5.74, 6) is 0.629. The van der Waals surface area contributed by atoms with Crippen molar-refractivity contribution in [2.75, 3.05) is 39.3 Å².